The first kappa shape index (κ1) is 20.2. The number of aliphatic imine (C=N–C) groups is 1. The summed E-state index contributed by atoms with van der Waals surface area (Å²) in [6, 6.07) is 0.575. The Kier molecular flexibility index (Phi) is 11.0. The molecule has 0 aromatic carbocycles. The van der Waals surface area contributed by atoms with Gasteiger partial charge in [-0.05, 0) is 31.7 Å². The average molecular weight is 329 g/mol. The number of ether oxygens (including phenoxy) is 2. The van der Waals surface area contributed by atoms with Crippen molar-refractivity contribution in [2.75, 3.05) is 60.2 Å². The third-order valence-corrected chi connectivity index (χ3v) is 4.19. The van der Waals surface area contributed by atoms with Crippen LogP contribution in [0.5, 0.6) is 0 Å². The van der Waals surface area contributed by atoms with E-state index in [2.05, 4.69) is 34.4 Å². The van der Waals surface area contributed by atoms with E-state index in [0.29, 0.717) is 12.0 Å². The summed E-state index contributed by atoms with van der Waals surface area (Å²) in [6.45, 7) is 10.7. The SMILES string of the molecule is CN=C(NCCOCCC(C)C)NCC1CCCN1CCOC. The van der Waals surface area contributed by atoms with Crippen LogP contribution in [-0.4, -0.2) is 77.1 Å². The molecule has 1 unspecified atom stereocenters. The molecule has 1 fully saturated rings. The predicted octanol–water partition coefficient (Wildman–Crippen LogP) is 1.32. The molecular weight excluding hydrogens is 292 g/mol. The van der Waals surface area contributed by atoms with E-state index < -0.39 is 0 Å². The lowest BCUT2D eigenvalue weighted by Gasteiger charge is -2.25. The van der Waals surface area contributed by atoms with E-state index in [1.807, 2.05) is 7.05 Å². The highest BCUT2D eigenvalue weighted by Gasteiger charge is 2.23. The molecule has 136 valence electrons. The van der Waals surface area contributed by atoms with Gasteiger partial charge in [-0.1, -0.05) is 13.8 Å². The van der Waals surface area contributed by atoms with Crippen molar-refractivity contribution in [2.24, 2.45) is 10.9 Å². The molecule has 0 amide bonds. The van der Waals surface area contributed by atoms with Gasteiger partial charge in [-0.3, -0.25) is 9.89 Å². The van der Waals surface area contributed by atoms with E-state index in [1.165, 1.54) is 19.4 Å². The monoisotopic (exact) mass is 328 g/mol. The zero-order valence-corrected chi connectivity index (χ0v) is 15.4. The van der Waals surface area contributed by atoms with Crippen molar-refractivity contribution in [2.45, 2.75) is 39.2 Å². The quantitative estimate of drug-likeness (QED) is 0.340. The second-order valence-electron chi connectivity index (χ2n) is 6.50. The lowest BCUT2D eigenvalue weighted by atomic mass is 10.1. The Labute approximate surface area is 142 Å². The molecule has 23 heavy (non-hydrogen) atoms. The zero-order chi connectivity index (χ0) is 16.9. The lowest BCUT2D eigenvalue weighted by Crippen LogP contribution is -2.46. The maximum absolute atomic E-state index is 5.61. The number of likely N-dealkylation sites (tertiary alicyclic amines) is 1. The third kappa shape index (κ3) is 9.13. The highest BCUT2D eigenvalue weighted by Crippen LogP contribution is 2.15. The number of nitrogens with zero attached hydrogens (tertiary/aromatic N) is 2. The number of guanidine groups is 1. The first-order valence-electron chi connectivity index (χ1n) is 8.92. The molecule has 0 aromatic rings. The van der Waals surface area contributed by atoms with E-state index in [-0.39, 0.29) is 0 Å². The van der Waals surface area contributed by atoms with E-state index in [9.17, 15) is 0 Å². The molecular formula is C17H36N4O2. The summed E-state index contributed by atoms with van der Waals surface area (Å²) in [6.07, 6.45) is 3.63. The highest BCUT2D eigenvalue weighted by atomic mass is 16.5. The van der Waals surface area contributed by atoms with Gasteiger partial charge >= 0.3 is 0 Å². The number of hydrogen-bond acceptors (Lipinski definition) is 4. The fourth-order valence-corrected chi connectivity index (χ4v) is 2.73. The second kappa shape index (κ2) is 12.6. The van der Waals surface area contributed by atoms with Crippen LogP contribution in [0.4, 0.5) is 0 Å². The first-order valence-corrected chi connectivity index (χ1v) is 8.92. The zero-order valence-electron chi connectivity index (χ0n) is 15.4. The van der Waals surface area contributed by atoms with Crippen LogP contribution in [0.3, 0.4) is 0 Å². The lowest BCUT2D eigenvalue weighted by molar-refractivity contribution is 0.128. The molecule has 0 aliphatic carbocycles. The van der Waals surface area contributed by atoms with Gasteiger partial charge in [-0.2, -0.15) is 0 Å². The van der Waals surface area contributed by atoms with Crippen LogP contribution < -0.4 is 10.6 Å². The van der Waals surface area contributed by atoms with Crippen molar-refractivity contribution in [3.05, 3.63) is 0 Å². The number of rotatable bonds is 11. The second-order valence-corrected chi connectivity index (χ2v) is 6.50. The van der Waals surface area contributed by atoms with Gasteiger partial charge in [0, 0.05) is 46.4 Å². The van der Waals surface area contributed by atoms with Crippen LogP contribution in [-0.2, 0) is 9.47 Å². The standard InChI is InChI=1S/C17H36N4O2/c1-15(2)7-11-23-12-8-19-17(18-3)20-14-16-6-5-9-21(16)10-13-22-4/h15-16H,5-14H2,1-4H3,(H2,18,19,20). The Hall–Kier alpha value is -0.850. The molecule has 1 rings (SSSR count). The molecule has 1 heterocycles. The predicted molar refractivity (Wildman–Crippen MR) is 96.1 cm³/mol. The van der Waals surface area contributed by atoms with Gasteiger partial charge in [-0.15, -0.1) is 0 Å². The Morgan fingerprint density at radius 2 is 2.09 bits per heavy atom. The van der Waals surface area contributed by atoms with E-state index in [4.69, 9.17) is 9.47 Å². The number of hydrogen-bond donors (Lipinski definition) is 2. The Morgan fingerprint density at radius 1 is 1.26 bits per heavy atom. The molecule has 6 nitrogen and oxygen atoms in total. The summed E-state index contributed by atoms with van der Waals surface area (Å²) >= 11 is 0. The van der Waals surface area contributed by atoms with Crippen LogP contribution in [0.15, 0.2) is 4.99 Å². The van der Waals surface area contributed by atoms with E-state index >= 15 is 0 Å². The summed E-state index contributed by atoms with van der Waals surface area (Å²) < 4.78 is 10.8. The van der Waals surface area contributed by atoms with Crippen molar-refractivity contribution in [1.82, 2.24) is 15.5 Å². The van der Waals surface area contributed by atoms with Gasteiger partial charge in [0.25, 0.3) is 0 Å². The van der Waals surface area contributed by atoms with Crippen molar-refractivity contribution in [3.8, 4) is 0 Å². The van der Waals surface area contributed by atoms with E-state index in [0.717, 1.165) is 51.8 Å². The Balaban J connectivity index is 2.13. The largest absolute Gasteiger partial charge is 0.383 e. The number of methoxy groups -OCH3 is 1. The normalized spacial score (nSPS) is 19.5. The van der Waals surface area contributed by atoms with Crippen molar-refractivity contribution in [3.63, 3.8) is 0 Å². The summed E-state index contributed by atoms with van der Waals surface area (Å²) in [5.74, 6) is 1.56. The van der Waals surface area contributed by atoms with Crippen LogP contribution in [0.2, 0.25) is 0 Å². The summed E-state index contributed by atoms with van der Waals surface area (Å²) in [7, 11) is 3.57. The molecule has 0 saturated carbocycles. The number of nitrogens with one attached hydrogen (secondary N) is 2. The van der Waals surface area contributed by atoms with Gasteiger partial charge in [0.15, 0.2) is 5.96 Å². The van der Waals surface area contributed by atoms with Gasteiger partial charge < -0.3 is 20.1 Å². The average Bonchev–Trinajstić information content (AvgIpc) is 2.98. The van der Waals surface area contributed by atoms with Gasteiger partial charge in [0.2, 0.25) is 0 Å². The Morgan fingerprint density at radius 3 is 2.78 bits per heavy atom. The molecule has 0 spiro atoms. The fraction of sp³-hybridized carbons (Fsp3) is 0.941. The van der Waals surface area contributed by atoms with E-state index in [1.54, 1.807) is 7.11 Å². The maximum Gasteiger partial charge on any atom is 0.191 e. The van der Waals surface area contributed by atoms with Crippen LogP contribution in [0.1, 0.15) is 33.1 Å². The first-order chi connectivity index (χ1) is 11.2. The van der Waals surface area contributed by atoms with Crippen LogP contribution in [0, 0.1) is 5.92 Å². The van der Waals surface area contributed by atoms with Crippen molar-refractivity contribution < 1.29 is 9.47 Å². The molecule has 6 heteroatoms. The molecule has 0 bridgehead atoms. The molecule has 1 saturated heterocycles. The summed E-state index contributed by atoms with van der Waals surface area (Å²) in [5.41, 5.74) is 0. The van der Waals surface area contributed by atoms with Crippen LogP contribution in [0.25, 0.3) is 0 Å². The highest BCUT2D eigenvalue weighted by molar-refractivity contribution is 5.79. The minimum atomic E-state index is 0.575. The summed E-state index contributed by atoms with van der Waals surface area (Å²) in [5, 5.41) is 6.74. The Bertz CT molecular complexity index is 324. The molecule has 1 aliphatic heterocycles. The molecule has 0 aromatic heterocycles. The molecule has 1 aliphatic rings. The van der Waals surface area contributed by atoms with Gasteiger partial charge in [0.05, 0.1) is 13.2 Å². The molecule has 2 N–H and O–H groups in total. The smallest absolute Gasteiger partial charge is 0.191 e. The van der Waals surface area contributed by atoms with Gasteiger partial charge in [-0.25, -0.2) is 0 Å². The third-order valence-electron chi connectivity index (χ3n) is 4.19. The minimum absolute atomic E-state index is 0.575. The van der Waals surface area contributed by atoms with Crippen molar-refractivity contribution >= 4 is 5.96 Å². The summed E-state index contributed by atoms with van der Waals surface area (Å²) in [4.78, 5) is 6.78. The minimum Gasteiger partial charge on any atom is -0.383 e. The fourth-order valence-electron chi connectivity index (χ4n) is 2.73. The van der Waals surface area contributed by atoms with Crippen LogP contribution >= 0.6 is 0 Å². The van der Waals surface area contributed by atoms with Crippen molar-refractivity contribution in [1.29, 1.82) is 0 Å². The molecule has 0 radical (unpaired) electrons. The maximum atomic E-state index is 5.61. The topological polar surface area (TPSA) is 58.1 Å². The molecule has 1 atom stereocenters. The van der Waals surface area contributed by atoms with Gasteiger partial charge in [0.1, 0.15) is 0 Å².